The summed E-state index contributed by atoms with van der Waals surface area (Å²) in [6.45, 7) is 5.74. The quantitative estimate of drug-likeness (QED) is 0.312. The maximum atomic E-state index is 14.5. The maximum absolute atomic E-state index is 14.5. The number of hydrogen-bond donors (Lipinski definition) is 0. The van der Waals surface area contributed by atoms with E-state index in [1.165, 1.54) is 4.90 Å². The van der Waals surface area contributed by atoms with Crippen LogP contribution < -0.4 is 9.64 Å². The van der Waals surface area contributed by atoms with Crippen LogP contribution >= 0.6 is 11.6 Å². The van der Waals surface area contributed by atoms with E-state index in [4.69, 9.17) is 31.0 Å². The van der Waals surface area contributed by atoms with Crippen molar-refractivity contribution in [3.05, 3.63) is 70.6 Å². The SMILES string of the molecule is C=C(F)C(=O)N1CCN(c2nc(OC[C@@]34CCCN3C[C@H](F)C4)nc3c2CO[C@H](c2cccc4cccc(Cl)c24)C3)C[C@@H]1CC#N. The Hall–Kier alpha value is -3.85. The van der Waals surface area contributed by atoms with E-state index in [9.17, 15) is 18.8 Å². The zero-order valence-electron chi connectivity index (χ0n) is 25.4. The molecule has 3 aromatic rings. The number of halogens is 3. The number of rotatable bonds is 7. The Kier molecular flexibility index (Phi) is 8.30. The van der Waals surface area contributed by atoms with Gasteiger partial charge in [0.2, 0.25) is 0 Å². The molecule has 2 aromatic carbocycles. The van der Waals surface area contributed by atoms with Crippen molar-refractivity contribution in [3.8, 4) is 12.1 Å². The third-order valence-corrected chi connectivity index (χ3v) is 10.2. The molecule has 0 bridgehead atoms. The van der Waals surface area contributed by atoms with Gasteiger partial charge in [-0.25, -0.2) is 8.78 Å². The molecule has 0 aliphatic carbocycles. The lowest BCUT2D eigenvalue weighted by atomic mass is 9.94. The topological polar surface area (TPSA) is 94.8 Å². The van der Waals surface area contributed by atoms with Crippen LogP contribution in [0.15, 0.2) is 48.8 Å². The number of ether oxygens (including phenoxy) is 2. The van der Waals surface area contributed by atoms with E-state index in [1.54, 1.807) is 0 Å². The summed E-state index contributed by atoms with van der Waals surface area (Å²) in [7, 11) is 0. The van der Waals surface area contributed by atoms with Crippen LogP contribution in [0.25, 0.3) is 10.8 Å². The maximum Gasteiger partial charge on any atom is 0.318 e. The van der Waals surface area contributed by atoms with Gasteiger partial charge in [0.25, 0.3) is 5.91 Å². The van der Waals surface area contributed by atoms with Crippen molar-refractivity contribution in [2.75, 3.05) is 44.2 Å². The van der Waals surface area contributed by atoms with Gasteiger partial charge in [0.15, 0.2) is 5.83 Å². The summed E-state index contributed by atoms with van der Waals surface area (Å²) in [6.07, 6.45) is 1.53. The first-order valence-corrected chi connectivity index (χ1v) is 16.1. The molecule has 0 N–H and O–H groups in total. The number of nitrogens with zero attached hydrogens (tertiary/aromatic N) is 6. The zero-order chi connectivity index (χ0) is 32.0. The van der Waals surface area contributed by atoms with Crippen LogP contribution in [0.1, 0.15) is 48.6 Å². The fourth-order valence-electron chi connectivity index (χ4n) is 7.75. The second-order valence-electron chi connectivity index (χ2n) is 12.7. The average Bonchev–Trinajstić information content (AvgIpc) is 3.58. The van der Waals surface area contributed by atoms with E-state index in [-0.39, 0.29) is 50.4 Å². The number of carbonyl (C=O) groups excluding carboxylic acids is 1. The molecule has 1 aromatic heterocycles. The van der Waals surface area contributed by atoms with Gasteiger partial charge in [-0.05, 0) is 36.4 Å². The zero-order valence-corrected chi connectivity index (χ0v) is 26.2. The molecule has 0 spiro atoms. The number of piperazine rings is 1. The van der Waals surface area contributed by atoms with Crippen molar-refractivity contribution in [2.45, 2.75) is 62.6 Å². The van der Waals surface area contributed by atoms with E-state index in [1.807, 2.05) is 41.3 Å². The first-order chi connectivity index (χ1) is 22.3. The molecule has 4 atom stereocenters. The Balaban J connectivity index is 1.23. The van der Waals surface area contributed by atoms with Gasteiger partial charge in [-0.15, -0.1) is 0 Å². The molecule has 4 aliphatic heterocycles. The first-order valence-electron chi connectivity index (χ1n) is 15.7. The monoisotopic (exact) mass is 648 g/mol. The summed E-state index contributed by atoms with van der Waals surface area (Å²) in [4.78, 5) is 27.8. The number of benzene rings is 2. The summed E-state index contributed by atoms with van der Waals surface area (Å²) in [5.41, 5.74) is 2.15. The summed E-state index contributed by atoms with van der Waals surface area (Å²) < 4.78 is 41.1. The van der Waals surface area contributed by atoms with E-state index in [0.29, 0.717) is 36.8 Å². The lowest BCUT2D eigenvalue weighted by Crippen LogP contribution is -2.55. The van der Waals surface area contributed by atoms with Crippen molar-refractivity contribution in [3.63, 3.8) is 0 Å². The van der Waals surface area contributed by atoms with Crippen molar-refractivity contribution in [2.24, 2.45) is 0 Å². The molecule has 3 saturated heterocycles. The summed E-state index contributed by atoms with van der Waals surface area (Å²) in [5, 5.41) is 12.1. The smallest absolute Gasteiger partial charge is 0.318 e. The number of nitriles is 1. The number of amides is 1. The van der Waals surface area contributed by atoms with Crippen LogP contribution in [-0.4, -0.2) is 82.8 Å². The van der Waals surface area contributed by atoms with Crippen LogP contribution in [0, 0.1) is 11.3 Å². The number of hydrogen-bond acceptors (Lipinski definition) is 8. The summed E-state index contributed by atoms with van der Waals surface area (Å²) >= 11 is 6.67. The molecule has 9 nitrogen and oxygen atoms in total. The minimum atomic E-state index is -1.05. The van der Waals surface area contributed by atoms with E-state index >= 15 is 0 Å². The average molecular weight is 649 g/mol. The highest BCUT2D eigenvalue weighted by atomic mass is 35.5. The van der Waals surface area contributed by atoms with Gasteiger partial charge in [0.05, 0.1) is 42.5 Å². The molecular weight excluding hydrogens is 614 g/mol. The minimum Gasteiger partial charge on any atom is -0.461 e. The van der Waals surface area contributed by atoms with E-state index in [2.05, 4.69) is 17.5 Å². The normalized spacial score (nSPS) is 26.1. The van der Waals surface area contributed by atoms with Crippen LogP contribution in [0.2, 0.25) is 5.02 Å². The second-order valence-corrected chi connectivity index (χ2v) is 13.1. The second kappa shape index (κ2) is 12.4. The minimum absolute atomic E-state index is 0.0231. The van der Waals surface area contributed by atoms with Gasteiger partial charge in [0, 0.05) is 55.0 Å². The van der Waals surface area contributed by atoms with E-state index in [0.717, 1.165) is 47.0 Å². The Labute approximate surface area is 271 Å². The molecule has 240 valence electrons. The van der Waals surface area contributed by atoms with Crippen LogP contribution in [0.5, 0.6) is 6.01 Å². The number of fused-ring (bicyclic) bond motifs is 3. The number of anilines is 1. The summed E-state index contributed by atoms with van der Waals surface area (Å²) in [6, 6.07) is 13.6. The molecule has 12 heteroatoms. The molecule has 4 aliphatic rings. The first kappa shape index (κ1) is 30.8. The van der Waals surface area contributed by atoms with Gasteiger partial charge in [0.1, 0.15) is 18.6 Å². The standard InChI is InChI=1S/C34H35ClF2N6O3/c1-21(36)32(44)43-14-13-41(18-24(43)9-11-38)31-26-19-45-29(25-7-2-5-22-6-3-8-27(35)30(22)25)15-28(26)39-33(40-31)46-20-34-10-4-12-42(34)17-23(37)16-34/h2-3,5-8,23-24,29H,1,4,9-10,12-20H2/t23-,24+,29+,34+/m1/s1. The Morgan fingerprint density at radius 2 is 2.02 bits per heavy atom. The molecular formula is C34H35ClF2N6O3. The largest absolute Gasteiger partial charge is 0.461 e. The van der Waals surface area contributed by atoms with Crippen molar-refractivity contribution < 1.29 is 23.0 Å². The predicted molar refractivity (Wildman–Crippen MR) is 169 cm³/mol. The molecule has 5 heterocycles. The molecule has 46 heavy (non-hydrogen) atoms. The van der Waals surface area contributed by atoms with Crippen LogP contribution in [0.3, 0.4) is 0 Å². The molecule has 0 unspecified atom stereocenters. The number of alkyl halides is 1. The van der Waals surface area contributed by atoms with Crippen molar-refractivity contribution in [1.82, 2.24) is 19.8 Å². The van der Waals surface area contributed by atoms with Gasteiger partial charge in [-0.2, -0.15) is 15.2 Å². The third kappa shape index (κ3) is 5.57. The lowest BCUT2D eigenvalue weighted by molar-refractivity contribution is -0.131. The Bertz CT molecular complexity index is 1730. The van der Waals surface area contributed by atoms with Crippen molar-refractivity contribution in [1.29, 1.82) is 5.26 Å². The number of carbonyl (C=O) groups is 1. The highest BCUT2D eigenvalue weighted by molar-refractivity contribution is 6.35. The van der Waals surface area contributed by atoms with Gasteiger partial charge < -0.3 is 19.3 Å². The predicted octanol–water partition coefficient (Wildman–Crippen LogP) is 5.47. The lowest BCUT2D eigenvalue weighted by Gasteiger charge is -2.42. The van der Waals surface area contributed by atoms with Crippen molar-refractivity contribution >= 4 is 34.1 Å². The number of aromatic nitrogens is 2. The highest BCUT2D eigenvalue weighted by Crippen LogP contribution is 2.42. The third-order valence-electron chi connectivity index (χ3n) is 9.92. The van der Waals surface area contributed by atoms with E-state index < -0.39 is 23.9 Å². The fraction of sp³-hybridized carbons (Fsp3) is 0.471. The van der Waals surface area contributed by atoms with Gasteiger partial charge in [-0.3, -0.25) is 9.69 Å². The molecule has 0 radical (unpaired) electrons. The Morgan fingerprint density at radius 3 is 2.83 bits per heavy atom. The summed E-state index contributed by atoms with van der Waals surface area (Å²) in [5.74, 6) is -1.27. The van der Waals surface area contributed by atoms with Crippen LogP contribution in [-0.2, 0) is 22.6 Å². The molecule has 0 saturated carbocycles. The van der Waals surface area contributed by atoms with Crippen LogP contribution in [0.4, 0.5) is 14.6 Å². The molecule has 3 fully saturated rings. The molecule has 7 rings (SSSR count). The fourth-order valence-corrected chi connectivity index (χ4v) is 8.04. The Morgan fingerprint density at radius 1 is 1.20 bits per heavy atom. The van der Waals surface area contributed by atoms with Gasteiger partial charge >= 0.3 is 6.01 Å². The van der Waals surface area contributed by atoms with Gasteiger partial charge in [-0.1, -0.05) is 48.5 Å². The highest BCUT2D eigenvalue weighted by Gasteiger charge is 2.49. The molecule has 1 amide bonds.